The summed E-state index contributed by atoms with van der Waals surface area (Å²) in [5.74, 6) is -0.990. The summed E-state index contributed by atoms with van der Waals surface area (Å²) in [6.45, 7) is 0. The summed E-state index contributed by atoms with van der Waals surface area (Å²) in [5.41, 5.74) is 10.1. The van der Waals surface area contributed by atoms with Crippen LogP contribution in [0.1, 0.15) is 12.8 Å². The Bertz CT molecular complexity index is 163. The van der Waals surface area contributed by atoms with E-state index in [1.807, 2.05) is 0 Å². The van der Waals surface area contributed by atoms with Gasteiger partial charge in [-0.3, -0.25) is 9.59 Å². The molecule has 0 bridgehead atoms. The lowest BCUT2D eigenvalue weighted by Gasteiger charge is -2.06. The van der Waals surface area contributed by atoms with Crippen molar-refractivity contribution in [3.63, 3.8) is 0 Å². The second-order valence-corrected chi connectivity index (χ2v) is 2.13. The minimum atomic E-state index is -0.743. The van der Waals surface area contributed by atoms with E-state index >= 15 is 0 Å². The van der Waals surface area contributed by atoms with E-state index in [2.05, 4.69) is 4.74 Å². The third kappa shape index (κ3) is 5.94. The van der Waals surface area contributed by atoms with E-state index in [9.17, 15) is 9.59 Å². The number of amides is 1. The van der Waals surface area contributed by atoms with Gasteiger partial charge in [-0.15, -0.1) is 12.4 Å². The van der Waals surface area contributed by atoms with Crippen molar-refractivity contribution in [1.29, 1.82) is 0 Å². The van der Waals surface area contributed by atoms with Gasteiger partial charge < -0.3 is 16.2 Å². The molecular weight excluding hydrogens is 184 g/mol. The zero-order valence-corrected chi connectivity index (χ0v) is 7.60. The molecule has 0 saturated heterocycles. The summed E-state index contributed by atoms with van der Waals surface area (Å²) in [7, 11) is 1.24. The van der Waals surface area contributed by atoms with Crippen LogP contribution in [0.4, 0.5) is 0 Å². The number of carbonyl (C=O) groups excluding carboxylic acids is 2. The van der Waals surface area contributed by atoms with Crippen molar-refractivity contribution in [2.75, 3.05) is 7.11 Å². The maximum absolute atomic E-state index is 10.6. The third-order valence-electron chi connectivity index (χ3n) is 1.21. The van der Waals surface area contributed by atoms with Crippen LogP contribution in [0.2, 0.25) is 0 Å². The van der Waals surface area contributed by atoms with E-state index in [4.69, 9.17) is 11.5 Å². The minimum Gasteiger partial charge on any atom is -0.468 e. The van der Waals surface area contributed by atoms with Crippen LogP contribution in [0.25, 0.3) is 0 Å². The highest BCUT2D eigenvalue weighted by Gasteiger charge is 2.13. The van der Waals surface area contributed by atoms with Crippen molar-refractivity contribution in [2.24, 2.45) is 11.5 Å². The maximum atomic E-state index is 10.6. The molecule has 0 aromatic carbocycles. The molecule has 72 valence electrons. The molecule has 0 aromatic heterocycles. The lowest BCUT2D eigenvalue weighted by atomic mass is 10.2. The second-order valence-electron chi connectivity index (χ2n) is 2.13. The molecule has 0 spiro atoms. The van der Waals surface area contributed by atoms with Gasteiger partial charge in [0, 0.05) is 6.42 Å². The van der Waals surface area contributed by atoms with Crippen LogP contribution in [0.15, 0.2) is 0 Å². The highest BCUT2D eigenvalue weighted by atomic mass is 35.5. The Labute approximate surface area is 76.8 Å². The standard InChI is InChI=1S/C6H12N2O3.ClH/c1-11-6(10)4(7)2-3-5(8)9;/h4H,2-3,7H2,1H3,(H2,8,9);1H. The summed E-state index contributed by atoms with van der Waals surface area (Å²) < 4.78 is 4.33. The molecule has 0 aliphatic heterocycles. The molecule has 6 heteroatoms. The minimum absolute atomic E-state index is 0. The predicted molar refractivity (Wildman–Crippen MR) is 45.7 cm³/mol. The first-order chi connectivity index (χ1) is 5.07. The average Bonchev–Trinajstić information content (AvgIpc) is 1.98. The van der Waals surface area contributed by atoms with Gasteiger partial charge in [-0.05, 0) is 6.42 Å². The Morgan fingerprint density at radius 3 is 2.33 bits per heavy atom. The van der Waals surface area contributed by atoms with Gasteiger partial charge in [0.25, 0.3) is 0 Å². The number of carbonyl (C=O) groups is 2. The van der Waals surface area contributed by atoms with Crippen LogP contribution in [0.3, 0.4) is 0 Å². The lowest BCUT2D eigenvalue weighted by Crippen LogP contribution is -2.32. The Kier molecular flexibility index (Phi) is 7.88. The molecule has 0 aromatic rings. The normalized spacial score (nSPS) is 11.2. The first-order valence-electron chi connectivity index (χ1n) is 3.19. The number of esters is 1. The molecule has 1 amide bonds. The fraction of sp³-hybridized carbons (Fsp3) is 0.667. The molecule has 5 nitrogen and oxygen atoms in total. The number of rotatable bonds is 4. The first-order valence-corrected chi connectivity index (χ1v) is 3.19. The Balaban J connectivity index is 0. The summed E-state index contributed by atoms with van der Waals surface area (Å²) >= 11 is 0. The lowest BCUT2D eigenvalue weighted by molar-refractivity contribution is -0.142. The van der Waals surface area contributed by atoms with Gasteiger partial charge >= 0.3 is 5.97 Å². The molecule has 0 radical (unpaired) electrons. The number of methoxy groups -OCH3 is 1. The van der Waals surface area contributed by atoms with Gasteiger partial charge in [0.15, 0.2) is 0 Å². The fourth-order valence-electron chi connectivity index (χ4n) is 0.567. The van der Waals surface area contributed by atoms with Crippen LogP contribution >= 0.6 is 12.4 Å². The van der Waals surface area contributed by atoms with E-state index in [0.29, 0.717) is 0 Å². The summed E-state index contributed by atoms with van der Waals surface area (Å²) in [6, 6.07) is -0.743. The Morgan fingerprint density at radius 2 is 2.00 bits per heavy atom. The molecule has 0 rings (SSSR count). The van der Waals surface area contributed by atoms with E-state index in [1.165, 1.54) is 7.11 Å². The van der Waals surface area contributed by atoms with Crippen molar-refractivity contribution in [3.05, 3.63) is 0 Å². The number of halogens is 1. The van der Waals surface area contributed by atoms with Crippen LogP contribution in [-0.2, 0) is 14.3 Å². The van der Waals surface area contributed by atoms with Crippen molar-refractivity contribution in [1.82, 2.24) is 0 Å². The maximum Gasteiger partial charge on any atom is 0.322 e. The summed E-state index contributed by atoms with van der Waals surface area (Å²) in [4.78, 5) is 20.9. The van der Waals surface area contributed by atoms with Crippen LogP contribution in [0.5, 0.6) is 0 Å². The fourth-order valence-corrected chi connectivity index (χ4v) is 0.567. The molecule has 4 N–H and O–H groups in total. The van der Waals surface area contributed by atoms with Crippen molar-refractivity contribution in [3.8, 4) is 0 Å². The second kappa shape index (κ2) is 6.87. The Morgan fingerprint density at radius 1 is 1.50 bits per heavy atom. The van der Waals surface area contributed by atoms with Gasteiger partial charge in [-0.25, -0.2) is 0 Å². The molecule has 1 unspecified atom stereocenters. The molecule has 0 saturated carbocycles. The quantitative estimate of drug-likeness (QED) is 0.574. The largest absolute Gasteiger partial charge is 0.468 e. The molecular formula is C6H13ClN2O3. The summed E-state index contributed by atoms with van der Waals surface area (Å²) in [5, 5.41) is 0. The molecule has 0 aliphatic rings. The molecule has 0 fully saturated rings. The zero-order valence-electron chi connectivity index (χ0n) is 6.78. The topological polar surface area (TPSA) is 95.4 Å². The van der Waals surface area contributed by atoms with Gasteiger partial charge in [0.05, 0.1) is 7.11 Å². The van der Waals surface area contributed by atoms with Gasteiger partial charge in [-0.2, -0.15) is 0 Å². The zero-order chi connectivity index (χ0) is 8.85. The van der Waals surface area contributed by atoms with Crippen LogP contribution in [0, 0.1) is 0 Å². The predicted octanol–water partition coefficient (Wildman–Crippen LogP) is -0.826. The van der Waals surface area contributed by atoms with Gasteiger partial charge in [0.1, 0.15) is 6.04 Å². The molecule has 1 atom stereocenters. The molecule has 0 heterocycles. The van der Waals surface area contributed by atoms with Crippen molar-refractivity contribution in [2.45, 2.75) is 18.9 Å². The van der Waals surface area contributed by atoms with Crippen LogP contribution in [-0.4, -0.2) is 25.0 Å². The van der Waals surface area contributed by atoms with E-state index in [0.717, 1.165) is 0 Å². The monoisotopic (exact) mass is 196 g/mol. The SMILES string of the molecule is COC(=O)C(N)CCC(N)=O.Cl. The van der Waals surface area contributed by atoms with Gasteiger partial charge in [0.2, 0.25) is 5.91 Å². The Hall–Kier alpha value is -0.810. The number of hydrogen-bond acceptors (Lipinski definition) is 4. The number of ether oxygens (including phenoxy) is 1. The third-order valence-corrected chi connectivity index (χ3v) is 1.21. The summed E-state index contributed by atoms with van der Waals surface area (Å²) in [6.07, 6.45) is 0.346. The van der Waals surface area contributed by atoms with Gasteiger partial charge in [-0.1, -0.05) is 0 Å². The number of primary amides is 1. The first kappa shape index (κ1) is 13.8. The van der Waals surface area contributed by atoms with Crippen molar-refractivity contribution >= 4 is 24.3 Å². The van der Waals surface area contributed by atoms with E-state index < -0.39 is 17.9 Å². The highest BCUT2D eigenvalue weighted by molar-refractivity contribution is 5.85. The highest BCUT2D eigenvalue weighted by Crippen LogP contribution is 1.94. The smallest absolute Gasteiger partial charge is 0.322 e. The van der Waals surface area contributed by atoms with E-state index in [1.54, 1.807) is 0 Å². The molecule has 0 aliphatic carbocycles. The number of hydrogen-bond donors (Lipinski definition) is 2. The average molecular weight is 197 g/mol. The van der Waals surface area contributed by atoms with Crippen LogP contribution < -0.4 is 11.5 Å². The molecule has 12 heavy (non-hydrogen) atoms. The van der Waals surface area contributed by atoms with E-state index in [-0.39, 0.29) is 25.2 Å². The van der Waals surface area contributed by atoms with Crippen molar-refractivity contribution < 1.29 is 14.3 Å². The number of nitrogens with two attached hydrogens (primary N) is 2.